The van der Waals surface area contributed by atoms with Crippen molar-refractivity contribution in [3.8, 4) is 0 Å². The lowest BCUT2D eigenvalue weighted by Gasteiger charge is -2.15. The average molecular weight is 365 g/mol. The van der Waals surface area contributed by atoms with E-state index >= 15 is 0 Å². The third kappa shape index (κ3) is 17.8. The molecule has 0 aromatic heterocycles. The lowest BCUT2D eigenvalue weighted by Crippen LogP contribution is -2.33. The standard InChI is InChI=1S/C18H37FN2O4/c1-14(2)10-18(22)21-11-17(19)13-24-12-16(5)25-9-8-23-7-6-20-15(3)4/h14-17,20H,6-13H2,1-5H3,(H,21,22). The van der Waals surface area contributed by atoms with Gasteiger partial charge < -0.3 is 24.8 Å². The number of hydrogen-bond acceptors (Lipinski definition) is 5. The van der Waals surface area contributed by atoms with Gasteiger partial charge in [-0.25, -0.2) is 4.39 Å². The van der Waals surface area contributed by atoms with Crippen molar-refractivity contribution in [2.75, 3.05) is 46.1 Å². The van der Waals surface area contributed by atoms with Crippen molar-refractivity contribution in [3.05, 3.63) is 0 Å². The SMILES string of the molecule is CC(C)CC(=O)NCC(F)COCC(C)OCCOCCNC(C)C. The normalized spacial score (nSPS) is 14.1. The lowest BCUT2D eigenvalue weighted by atomic mass is 10.1. The summed E-state index contributed by atoms with van der Waals surface area (Å²) in [6.45, 7) is 12.7. The Morgan fingerprint density at radius 2 is 1.72 bits per heavy atom. The number of amides is 1. The lowest BCUT2D eigenvalue weighted by molar-refractivity contribution is -0.122. The van der Waals surface area contributed by atoms with Crippen LogP contribution in [0.5, 0.6) is 0 Å². The van der Waals surface area contributed by atoms with Gasteiger partial charge in [-0.15, -0.1) is 0 Å². The topological polar surface area (TPSA) is 68.8 Å². The minimum atomic E-state index is -1.21. The Bertz CT molecular complexity index is 330. The highest BCUT2D eigenvalue weighted by atomic mass is 19.1. The maximum Gasteiger partial charge on any atom is 0.220 e. The van der Waals surface area contributed by atoms with Gasteiger partial charge in [-0.1, -0.05) is 27.7 Å². The van der Waals surface area contributed by atoms with Crippen LogP contribution in [0.15, 0.2) is 0 Å². The number of alkyl halides is 1. The van der Waals surface area contributed by atoms with E-state index in [9.17, 15) is 9.18 Å². The smallest absolute Gasteiger partial charge is 0.220 e. The predicted octanol–water partition coefficient (Wildman–Crippen LogP) is 1.92. The highest BCUT2D eigenvalue weighted by Gasteiger charge is 2.11. The van der Waals surface area contributed by atoms with Crippen LogP contribution in [0.25, 0.3) is 0 Å². The van der Waals surface area contributed by atoms with Crippen molar-refractivity contribution in [2.24, 2.45) is 5.92 Å². The van der Waals surface area contributed by atoms with E-state index < -0.39 is 6.17 Å². The molecule has 0 radical (unpaired) electrons. The van der Waals surface area contributed by atoms with Gasteiger partial charge >= 0.3 is 0 Å². The fraction of sp³-hybridized carbons (Fsp3) is 0.944. The molecule has 7 heteroatoms. The first kappa shape index (κ1) is 24.2. The molecule has 6 nitrogen and oxygen atoms in total. The Kier molecular flexibility index (Phi) is 15.0. The quantitative estimate of drug-likeness (QED) is 0.410. The molecule has 1 amide bonds. The number of ether oxygens (including phenoxy) is 3. The van der Waals surface area contributed by atoms with E-state index in [-0.39, 0.29) is 31.1 Å². The van der Waals surface area contributed by atoms with E-state index in [4.69, 9.17) is 14.2 Å². The third-order valence-electron chi connectivity index (χ3n) is 3.19. The number of hydrogen-bond donors (Lipinski definition) is 2. The summed E-state index contributed by atoms with van der Waals surface area (Å²) in [4.78, 5) is 11.4. The van der Waals surface area contributed by atoms with Crippen LogP contribution in [0.3, 0.4) is 0 Å². The Morgan fingerprint density at radius 1 is 1.00 bits per heavy atom. The number of halogens is 1. The fourth-order valence-corrected chi connectivity index (χ4v) is 1.97. The van der Waals surface area contributed by atoms with Crippen molar-refractivity contribution in [2.45, 2.75) is 59.4 Å². The second-order valence-corrected chi connectivity index (χ2v) is 6.94. The summed E-state index contributed by atoms with van der Waals surface area (Å²) in [6.07, 6.45) is -0.922. The van der Waals surface area contributed by atoms with Crippen molar-refractivity contribution in [1.82, 2.24) is 10.6 Å². The molecule has 0 saturated carbocycles. The molecular formula is C18H37FN2O4. The number of rotatable bonds is 16. The maximum atomic E-state index is 13.6. The molecule has 25 heavy (non-hydrogen) atoms. The molecule has 0 saturated heterocycles. The number of carbonyl (C=O) groups is 1. The van der Waals surface area contributed by atoms with E-state index in [1.807, 2.05) is 20.8 Å². The second kappa shape index (κ2) is 15.5. The molecule has 0 aliphatic carbocycles. The summed E-state index contributed by atoms with van der Waals surface area (Å²) in [6, 6.07) is 0.458. The molecule has 0 spiro atoms. The molecule has 0 rings (SSSR count). The maximum absolute atomic E-state index is 13.6. The molecule has 0 aromatic carbocycles. The summed E-state index contributed by atoms with van der Waals surface area (Å²) in [5, 5.41) is 5.83. The van der Waals surface area contributed by atoms with Gasteiger partial charge in [0.1, 0.15) is 6.17 Å². The molecule has 0 fully saturated rings. The molecule has 0 heterocycles. The van der Waals surface area contributed by atoms with E-state index in [1.165, 1.54) is 0 Å². The van der Waals surface area contributed by atoms with Gasteiger partial charge in [0.05, 0.1) is 45.7 Å². The van der Waals surface area contributed by atoms with Gasteiger partial charge in [0.25, 0.3) is 0 Å². The van der Waals surface area contributed by atoms with Crippen molar-refractivity contribution < 1.29 is 23.4 Å². The van der Waals surface area contributed by atoms with E-state index in [2.05, 4.69) is 24.5 Å². The Hall–Kier alpha value is -0.760. The Labute approximate surface area is 152 Å². The number of carbonyl (C=O) groups excluding carboxylic acids is 1. The highest BCUT2D eigenvalue weighted by Crippen LogP contribution is 1.99. The van der Waals surface area contributed by atoms with Crippen LogP contribution in [0.4, 0.5) is 4.39 Å². The molecule has 0 bridgehead atoms. The van der Waals surface area contributed by atoms with Crippen LogP contribution in [-0.4, -0.2) is 70.3 Å². The average Bonchev–Trinajstić information content (AvgIpc) is 2.51. The molecule has 2 N–H and O–H groups in total. The minimum Gasteiger partial charge on any atom is -0.378 e. The Morgan fingerprint density at radius 3 is 2.36 bits per heavy atom. The molecule has 0 aliphatic rings. The fourth-order valence-electron chi connectivity index (χ4n) is 1.97. The molecule has 2 atom stereocenters. The van der Waals surface area contributed by atoms with Crippen LogP contribution in [0.2, 0.25) is 0 Å². The second-order valence-electron chi connectivity index (χ2n) is 6.94. The van der Waals surface area contributed by atoms with Gasteiger partial charge in [-0.05, 0) is 12.8 Å². The van der Waals surface area contributed by atoms with Gasteiger partial charge in [-0.2, -0.15) is 0 Å². The summed E-state index contributed by atoms with van der Waals surface area (Å²) < 4.78 is 29.9. The van der Waals surface area contributed by atoms with Gasteiger partial charge in [-0.3, -0.25) is 4.79 Å². The van der Waals surface area contributed by atoms with E-state index in [0.717, 1.165) is 6.54 Å². The first-order chi connectivity index (χ1) is 11.8. The van der Waals surface area contributed by atoms with E-state index in [1.54, 1.807) is 0 Å². The van der Waals surface area contributed by atoms with Crippen LogP contribution in [-0.2, 0) is 19.0 Å². The number of nitrogens with one attached hydrogen (secondary N) is 2. The Balaban J connectivity index is 3.47. The van der Waals surface area contributed by atoms with Gasteiger partial charge in [0.15, 0.2) is 0 Å². The van der Waals surface area contributed by atoms with E-state index in [0.29, 0.717) is 38.9 Å². The van der Waals surface area contributed by atoms with Crippen LogP contribution in [0, 0.1) is 5.92 Å². The first-order valence-electron chi connectivity index (χ1n) is 9.22. The van der Waals surface area contributed by atoms with Crippen molar-refractivity contribution >= 4 is 5.91 Å². The summed E-state index contributed by atoms with van der Waals surface area (Å²) in [7, 11) is 0. The molecule has 2 unspecified atom stereocenters. The molecule has 0 aromatic rings. The first-order valence-corrected chi connectivity index (χ1v) is 9.22. The zero-order valence-corrected chi connectivity index (χ0v) is 16.5. The largest absolute Gasteiger partial charge is 0.378 e. The minimum absolute atomic E-state index is 0.0148. The van der Waals surface area contributed by atoms with Crippen molar-refractivity contribution in [3.63, 3.8) is 0 Å². The summed E-state index contributed by atoms with van der Waals surface area (Å²) in [5.74, 6) is 0.140. The zero-order chi connectivity index (χ0) is 19.1. The summed E-state index contributed by atoms with van der Waals surface area (Å²) >= 11 is 0. The van der Waals surface area contributed by atoms with Gasteiger partial charge in [0.2, 0.25) is 5.91 Å². The molecule has 150 valence electrons. The predicted molar refractivity (Wildman–Crippen MR) is 97.6 cm³/mol. The summed E-state index contributed by atoms with van der Waals surface area (Å²) in [5.41, 5.74) is 0. The van der Waals surface area contributed by atoms with Crippen LogP contribution < -0.4 is 10.6 Å². The van der Waals surface area contributed by atoms with Crippen LogP contribution in [0.1, 0.15) is 41.0 Å². The molecule has 0 aliphatic heterocycles. The van der Waals surface area contributed by atoms with Gasteiger partial charge in [0, 0.05) is 19.0 Å². The zero-order valence-electron chi connectivity index (χ0n) is 16.5. The highest BCUT2D eigenvalue weighted by molar-refractivity contribution is 5.76. The van der Waals surface area contributed by atoms with Crippen molar-refractivity contribution in [1.29, 1.82) is 0 Å². The molecular weight excluding hydrogens is 327 g/mol. The third-order valence-corrected chi connectivity index (χ3v) is 3.19. The van der Waals surface area contributed by atoms with Crippen LogP contribution >= 0.6 is 0 Å². The monoisotopic (exact) mass is 364 g/mol.